The first-order chi connectivity index (χ1) is 11.6. The van der Waals surface area contributed by atoms with Crippen molar-refractivity contribution < 1.29 is 9.59 Å². The Morgan fingerprint density at radius 2 is 1.76 bits per heavy atom. The number of amides is 2. The molecule has 0 spiro atoms. The van der Waals surface area contributed by atoms with E-state index < -0.39 is 6.04 Å². The quantitative estimate of drug-likeness (QED) is 0.869. The van der Waals surface area contributed by atoms with Crippen molar-refractivity contribution in [2.24, 2.45) is 11.7 Å². The molecule has 138 valence electrons. The summed E-state index contributed by atoms with van der Waals surface area (Å²) in [6.07, 6.45) is 3.71. The fourth-order valence-corrected chi connectivity index (χ4v) is 3.42. The van der Waals surface area contributed by atoms with Crippen LogP contribution < -0.4 is 5.73 Å². The minimum atomic E-state index is -0.460. The Balaban J connectivity index is 0.00000225. The van der Waals surface area contributed by atoms with Crippen LogP contribution in [0.15, 0.2) is 30.3 Å². The number of hydrogen-bond donors (Lipinski definition) is 1. The van der Waals surface area contributed by atoms with Gasteiger partial charge < -0.3 is 15.5 Å². The Morgan fingerprint density at radius 3 is 2.28 bits per heavy atom. The van der Waals surface area contributed by atoms with E-state index in [-0.39, 0.29) is 30.1 Å². The smallest absolute Gasteiger partial charge is 0.239 e. The summed E-state index contributed by atoms with van der Waals surface area (Å²) in [5.41, 5.74) is 6.86. The normalized spacial score (nSPS) is 19.0. The highest BCUT2D eigenvalue weighted by atomic mass is 35.5. The molecule has 25 heavy (non-hydrogen) atoms. The highest BCUT2D eigenvalue weighted by Crippen LogP contribution is 2.31. The van der Waals surface area contributed by atoms with E-state index in [0.717, 1.165) is 25.7 Å². The van der Waals surface area contributed by atoms with E-state index >= 15 is 0 Å². The zero-order chi connectivity index (χ0) is 17.1. The summed E-state index contributed by atoms with van der Waals surface area (Å²) in [6, 6.07) is 10.1. The number of piperidine rings is 1. The summed E-state index contributed by atoms with van der Waals surface area (Å²) in [5.74, 6) is 0.282. The Hall–Kier alpha value is -1.59. The molecule has 1 saturated carbocycles. The van der Waals surface area contributed by atoms with Crippen molar-refractivity contribution in [3.63, 3.8) is 0 Å². The predicted octanol–water partition coefficient (Wildman–Crippen LogP) is 2.19. The Kier molecular flexibility index (Phi) is 6.85. The summed E-state index contributed by atoms with van der Waals surface area (Å²) < 4.78 is 0. The van der Waals surface area contributed by atoms with E-state index in [4.69, 9.17) is 5.73 Å². The summed E-state index contributed by atoms with van der Waals surface area (Å²) in [5, 5.41) is 0. The van der Waals surface area contributed by atoms with Gasteiger partial charge in [0, 0.05) is 31.6 Å². The summed E-state index contributed by atoms with van der Waals surface area (Å²) in [4.78, 5) is 28.8. The molecule has 2 aliphatic rings. The molecule has 1 aliphatic heterocycles. The minimum absolute atomic E-state index is 0. The van der Waals surface area contributed by atoms with Crippen LogP contribution in [0.2, 0.25) is 0 Å². The average Bonchev–Trinajstić information content (AvgIpc) is 3.44. The average molecular weight is 366 g/mol. The van der Waals surface area contributed by atoms with Crippen LogP contribution in [0.3, 0.4) is 0 Å². The SMILES string of the molecule is C[C@@H](N)C(=O)N1CCC(C(=O)N(Cc2ccccc2)C2CC2)CC1.Cl. The van der Waals surface area contributed by atoms with Gasteiger partial charge in [0.2, 0.25) is 11.8 Å². The van der Waals surface area contributed by atoms with Gasteiger partial charge in [-0.2, -0.15) is 0 Å². The second-order valence-corrected chi connectivity index (χ2v) is 7.07. The number of rotatable bonds is 5. The molecule has 1 saturated heterocycles. The molecule has 2 N–H and O–H groups in total. The molecule has 1 aromatic rings. The number of carbonyl (C=O) groups is 2. The number of halogens is 1. The fourth-order valence-electron chi connectivity index (χ4n) is 3.42. The van der Waals surface area contributed by atoms with Crippen molar-refractivity contribution in [1.82, 2.24) is 9.80 Å². The van der Waals surface area contributed by atoms with Gasteiger partial charge in [-0.1, -0.05) is 30.3 Å². The van der Waals surface area contributed by atoms with Crippen LogP contribution in [0.4, 0.5) is 0 Å². The molecule has 0 bridgehead atoms. The molecule has 2 amide bonds. The maximum atomic E-state index is 13.0. The topological polar surface area (TPSA) is 66.6 Å². The molecule has 1 aliphatic carbocycles. The van der Waals surface area contributed by atoms with Crippen molar-refractivity contribution in [3.05, 3.63) is 35.9 Å². The number of hydrogen-bond acceptors (Lipinski definition) is 3. The monoisotopic (exact) mass is 365 g/mol. The minimum Gasteiger partial charge on any atom is -0.341 e. The van der Waals surface area contributed by atoms with E-state index in [9.17, 15) is 9.59 Å². The molecule has 1 aromatic carbocycles. The van der Waals surface area contributed by atoms with E-state index in [1.165, 1.54) is 5.56 Å². The standard InChI is InChI=1S/C19H27N3O2.ClH/c1-14(20)18(23)21-11-9-16(10-12-21)19(24)22(17-7-8-17)13-15-5-3-2-4-6-15;/h2-6,14,16-17H,7-13,20H2,1H3;1H/t14-;/m1./s1. The second-order valence-electron chi connectivity index (χ2n) is 7.07. The molecule has 0 radical (unpaired) electrons. The predicted molar refractivity (Wildman–Crippen MR) is 100 cm³/mol. The highest BCUT2D eigenvalue weighted by Gasteiger charge is 2.37. The number of benzene rings is 1. The molecule has 6 heteroatoms. The molecular weight excluding hydrogens is 338 g/mol. The molecule has 1 atom stereocenters. The largest absolute Gasteiger partial charge is 0.341 e. The van der Waals surface area contributed by atoms with Crippen LogP contribution in [0.1, 0.15) is 38.2 Å². The van der Waals surface area contributed by atoms with Crippen molar-refractivity contribution in [2.45, 2.75) is 51.2 Å². The van der Waals surface area contributed by atoms with E-state index in [1.807, 2.05) is 18.2 Å². The Morgan fingerprint density at radius 1 is 1.16 bits per heavy atom. The van der Waals surface area contributed by atoms with Crippen molar-refractivity contribution in [1.29, 1.82) is 0 Å². The number of nitrogens with two attached hydrogens (primary N) is 1. The van der Waals surface area contributed by atoms with Crippen LogP contribution >= 0.6 is 12.4 Å². The van der Waals surface area contributed by atoms with E-state index in [2.05, 4.69) is 17.0 Å². The number of nitrogens with zero attached hydrogens (tertiary/aromatic N) is 2. The zero-order valence-electron chi connectivity index (χ0n) is 14.8. The van der Waals surface area contributed by atoms with Gasteiger partial charge in [0.1, 0.15) is 0 Å². The lowest BCUT2D eigenvalue weighted by Gasteiger charge is -2.35. The van der Waals surface area contributed by atoms with E-state index in [0.29, 0.717) is 25.7 Å². The fraction of sp³-hybridized carbons (Fsp3) is 0.579. The second kappa shape index (κ2) is 8.68. The molecule has 1 heterocycles. The molecule has 0 aromatic heterocycles. The summed E-state index contributed by atoms with van der Waals surface area (Å²) >= 11 is 0. The number of likely N-dealkylation sites (tertiary alicyclic amines) is 1. The lowest BCUT2D eigenvalue weighted by molar-refractivity contribution is -0.142. The molecule has 5 nitrogen and oxygen atoms in total. The molecule has 3 rings (SSSR count). The van der Waals surface area contributed by atoms with Gasteiger partial charge in [-0.25, -0.2) is 0 Å². The highest BCUT2D eigenvalue weighted by molar-refractivity contribution is 5.85. The van der Waals surface area contributed by atoms with Crippen LogP contribution in [0.5, 0.6) is 0 Å². The van der Waals surface area contributed by atoms with Crippen molar-refractivity contribution in [3.8, 4) is 0 Å². The number of carbonyl (C=O) groups excluding carboxylic acids is 2. The van der Waals surface area contributed by atoms with Crippen LogP contribution in [-0.2, 0) is 16.1 Å². The van der Waals surface area contributed by atoms with Crippen LogP contribution in [-0.4, -0.2) is 46.8 Å². The third-order valence-electron chi connectivity index (χ3n) is 5.01. The van der Waals surface area contributed by atoms with Crippen molar-refractivity contribution >= 4 is 24.2 Å². The summed E-state index contributed by atoms with van der Waals surface area (Å²) in [7, 11) is 0. The summed E-state index contributed by atoms with van der Waals surface area (Å²) in [6.45, 7) is 3.69. The molecular formula is C19H28ClN3O2. The van der Waals surface area contributed by atoms with Gasteiger partial charge in [0.05, 0.1) is 6.04 Å². The van der Waals surface area contributed by atoms with Gasteiger partial charge in [0.25, 0.3) is 0 Å². The van der Waals surface area contributed by atoms with E-state index in [1.54, 1.807) is 11.8 Å². The van der Waals surface area contributed by atoms with Crippen LogP contribution in [0, 0.1) is 5.92 Å². The maximum Gasteiger partial charge on any atom is 0.239 e. The van der Waals surface area contributed by atoms with Gasteiger partial charge in [0.15, 0.2) is 0 Å². The van der Waals surface area contributed by atoms with Gasteiger partial charge in [-0.15, -0.1) is 12.4 Å². The Labute approximate surface area is 155 Å². The van der Waals surface area contributed by atoms with Crippen molar-refractivity contribution in [2.75, 3.05) is 13.1 Å². The Bertz CT molecular complexity index is 582. The third-order valence-corrected chi connectivity index (χ3v) is 5.01. The first kappa shape index (κ1) is 19.7. The van der Waals surface area contributed by atoms with Gasteiger partial charge in [-0.05, 0) is 38.2 Å². The lowest BCUT2D eigenvalue weighted by atomic mass is 9.94. The first-order valence-electron chi connectivity index (χ1n) is 8.95. The van der Waals surface area contributed by atoms with Crippen LogP contribution in [0.25, 0.3) is 0 Å². The maximum absolute atomic E-state index is 13.0. The third kappa shape index (κ3) is 4.95. The van der Waals surface area contributed by atoms with Gasteiger partial charge in [-0.3, -0.25) is 9.59 Å². The molecule has 0 unspecified atom stereocenters. The van der Waals surface area contributed by atoms with Gasteiger partial charge >= 0.3 is 0 Å². The lowest BCUT2D eigenvalue weighted by Crippen LogP contribution is -2.48. The zero-order valence-corrected chi connectivity index (χ0v) is 15.6. The first-order valence-corrected chi connectivity index (χ1v) is 8.95. The molecule has 2 fully saturated rings.